The molecule has 0 bridgehead atoms. The average Bonchev–Trinajstić information content (AvgIpc) is 0.918. The van der Waals surface area contributed by atoms with Crippen LogP contribution in [0.2, 0.25) is 0 Å². The zero-order valence-corrected chi connectivity index (χ0v) is 2.44. The molecular formula is CH8N2O. The number of rotatable bonds is 0. The van der Waals surface area contributed by atoms with E-state index in [1.54, 1.807) is 0 Å². The Morgan fingerprint density at radius 2 is 1.75 bits per heavy atom. The molecule has 3 heteroatoms. The summed E-state index contributed by atoms with van der Waals surface area (Å²) in [5, 5.41) is 0. The summed E-state index contributed by atoms with van der Waals surface area (Å²) in [6.07, 6.45) is 0. The second-order valence-corrected chi connectivity index (χ2v) is 0.289. The van der Waals surface area contributed by atoms with Crippen LogP contribution in [-0.2, 0) is 0 Å². The van der Waals surface area contributed by atoms with Gasteiger partial charge in [-0.15, -0.1) is 0 Å². The fraction of sp³-hybridized carbons (Fsp3) is 1.00. The van der Waals surface area contributed by atoms with Crippen LogP contribution in [0, 0.1) is 0 Å². The van der Waals surface area contributed by atoms with Gasteiger partial charge in [-0.1, -0.05) is 0 Å². The largest absolute Gasteiger partial charge is 0.870 e. The van der Waals surface area contributed by atoms with Gasteiger partial charge in [0.2, 0.25) is 0 Å². The van der Waals surface area contributed by atoms with Crippen molar-refractivity contribution in [3.63, 3.8) is 0 Å². The summed E-state index contributed by atoms with van der Waals surface area (Å²) in [6, 6.07) is 0. The standard InChI is InChI=1S/CH6N2.H2O/c2-1-3;/h1-3H2;1H2. The lowest BCUT2D eigenvalue weighted by Gasteiger charge is -1.53. The second kappa shape index (κ2) is 13.1. The molecule has 4 heavy (non-hydrogen) atoms. The van der Waals surface area contributed by atoms with Crippen molar-refractivity contribution in [2.45, 2.75) is 0 Å². The van der Waals surface area contributed by atoms with Crippen LogP contribution in [0.5, 0.6) is 0 Å². The van der Waals surface area contributed by atoms with E-state index in [1.807, 2.05) is 0 Å². The van der Waals surface area contributed by atoms with Crippen molar-refractivity contribution in [1.82, 2.24) is 0 Å². The highest BCUT2D eigenvalue weighted by molar-refractivity contribution is 3.71. The Bertz CT molecular complexity index is 6.00. The summed E-state index contributed by atoms with van der Waals surface area (Å²) in [5.41, 5.74) is 8.00. The molecule has 28 valence electrons. The molecule has 0 saturated heterocycles. The van der Waals surface area contributed by atoms with E-state index in [2.05, 4.69) is 5.73 Å². The Morgan fingerprint density at radius 1 is 1.75 bits per heavy atom. The maximum Gasteiger partial charge on any atom is 0.125 e. The molecule has 0 fully saturated rings. The molecule has 0 spiro atoms. The van der Waals surface area contributed by atoms with Crippen molar-refractivity contribution in [3.05, 3.63) is 0 Å². The Morgan fingerprint density at radius 3 is 1.75 bits per heavy atom. The summed E-state index contributed by atoms with van der Waals surface area (Å²) in [6.45, 7) is 0.500. The Kier molecular flexibility index (Phi) is 29.9. The molecule has 6 N–H and O–H groups in total. The maximum atomic E-state index is 4.74. The number of hydrogen-bond acceptors (Lipinski definition) is 2. The van der Waals surface area contributed by atoms with E-state index in [0.717, 1.165) is 0 Å². The van der Waals surface area contributed by atoms with Gasteiger partial charge in [0, 0.05) is 0 Å². The predicted octanol–water partition coefficient (Wildman–Crippen LogP) is -2.03. The van der Waals surface area contributed by atoms with E-state index >= 15 is 0 Å². The molecule has 0 radical (unpaired) electrons. The summed E-state index contributed by atoms with van der Waals surface area (Å²) in [7, 11) is 0. The van der Waals surface area contributed by atoms with Crippen LogP contribution in [0.3, 0.4) is 0 Å². The van der Waals surface area contributed by atoms with Crippen molar-refractivity contribution in [2.75, 3.05) is 6.67 Å². The van der Waals surface area contributed by atoms with Crippen LogP contribution >= 0.6 is 0 Å². The monoisotopic (exact) mass is 64.1 g/mol. The fourth-order valence-corrected chi connectivity index (χ4v) is 0. The highest BCUT2D eigenvalue weighted by Crippen LogP contribution is 0.738. The summed E-state index contributed by atoms with van der Waals surface area (Å²) < 4.78 is 0. The average molecular weight is 64.1 g/mol. The molecule has 0 aromatic carbocycles. The van der Waals surface area contributed by atoms with Crippen molar-refractivity contribution < 1.29 is 11.2 Å². The Labute approximate surface area is 24.9 Å². The lowest BCUT2D eigenvalue weighted by molar-refractivity contribution is -0.365. The van der Waals surface area contributed by atoms with E-state index < -0.39 is 0 Å². The molecule has 0 aliphatic carbocycles. The lowest BCUT2D eigenvalue weighted by Crippen LogP contribution is -2.54. The van der Waals surface area contributed by atoms with Crippen molar-refractivity contribution >= 4 is 0 Å². The first-order valence-electron chi connectivity index (χ1n) is 0.908. The van der Waals surface area contributed by atoms with Crippen molar-refractivity contribution in [3.8, 4) is 0 Å². The third-order valence-electron chi connectivity index (χ3n) is 0. The van der Waals surface area contributed by atoms with Gasteiger partial charge < -0.3 is 11.2 Å². The van der Waals surface area contributed by atoms with Gasteiger partial charge in [-0.05, 0) is 0 Å². The van der Waals surface area contributed by atoms with E-state index in [-0.39, 0.29) is 5.48 Å². The van der Waals surface area contributed by atoms with Gasteiger partial charge in [0.1, 0.15) is 6.67 Å². The molecule has 0 amide bonds. The second-order valence-electron chi connectivity index (χ2n) is 0.289. The van der Waals surface area contributed by atoms with E-state index in [0.29, 0.717) is 6.67 Å². The number of quaternary nitrogens is 1. The van der Waals surface area contributed by atoms with Gasteiger partial charge in [0.15, 0.2) is 0 Å². The molecule has 0 unspecified atom stereocenters. The number of nitrogens with two attached hydrogens (primary N) is 1. The molecular weight excluding hydrogens is 56.0 g/mol. The van der Waals surface area contributed by atoms with Crippen LogP contribution < -0.4 is 11.5 Å². The zero-order valence-electron chi connectivity index (χ0n) is 2.44. The van der Waals surface area contributed by atoms with Gasteiger partial charge in [-0.3, -0.25) is 5.73 Å². The molecule has 3 nitrogen and oxygen atoms in total. The van der Waals surface area contributed by atoms with Gasteiger partial charge in [-0.2, -0.15) is 0 Å². The number of hydrogen-bond donors (Lipinski definition) is 2. The van der Waals surface area contributed by atoms with Crippen molar-refractivity contribution in [2.24, 2.45) is 5.73 Å². The van der Waals surface area contributed by atoms with Crippen LogP contribution in [-0.4, -0.2) is 12.1 Å². The Hall–Kier alpha value is -0.120. The normalized spacial score (nSPS) is 4.50. The Balaban J connectivity index is 0. The molecule has 0 atom stereocenters. The molecule has 0 aliphatic rings. The van der Waals surface area contributed by atoms with E-state index in [9.17, 15) is 0 Å². The SMILES string of the molecule is NC[NH3+].[OH-]. The van der Waals surface area contributed by atoms with E-state index in [1.165, 1.54) is 0 Å². The highest BCUT2D eigenvalue weighted by atomic mass is 16.0. The molecule has 0 heterocycles. The lowest BCUT2D eigenvalue weighted by atomic mass is 11.3. The first kappa shape index (κ1) is 9.11. The fourth-order valence-electron chi connectivity index (χ4n) is 0. The van der Waals surface area contributed by atoms with Crippen molar-refractivity contribution in [1.29, 1.82) is 0 Å². The first-order valence-corrected chi connectivity index (χ1v) is 0.908. The summed E-state index contributed by atoms with van der Waals surface area (Å²) >= 11 is 0. The minimum atomic E-state index is 0. The van der Waals surface area contributed by atoms with Gasteiger partial charge in [0.05, 0.1) is 0 Å². The van der Waals surface area contributed by atoms with Gasteiger partial charge >= 0.3 is 0 Å². The zero-order chi connectivity index (χ0) is 2.71. The third-order valence-corrected chi connectivity index (χ3v) is 0. The maximum absolute atomic E-state index is 4.74. The van der Waals surface area contributed by atoms with E-state index in [4.69, 9.17) is 5.73 Å². The molecule has 0 rings (SSSR count). The minimum Gasteiger partial charge on any atom is -0.870 e. The van der Waals surface area contributed by atoms with Gasteiger partial charge in [0.25, 0.3) is 0 Å². The predicted molar refractivity (Wildman–Crippen MR) is 13.9 cm³/mol. The first-order chi connectivity index (χ1) is 1.41. The molecule has 0 aromatic rings. The topological polar surface area (TPSA) is 83.7 Å². The van der Waals surface area contributed by atoms with Gasteiger partial charge in [-0.25, -0.2) is 0 Å². The molecule has 0 aliphatic heterocycles. The van der Waals surface area contributed by atoms with Crippen LogP contribution in [0.1, 0.15) is 0 Å². The smallest absolute Gasteiger partial charge is 0.125 e. The summed E-state index contributed by atoms with van der Waals surface area (Å²) in [5.74, 6) is 0. The quantitative estimate of drug-likeness (QED) is 0.318. The van der Waals surface area contributed by atoms with Crippen LogP contribution in [0.4, 0.5) is 0 Å². The summed E-state index contributed by atoms with van der Waals surface area (Å²) in [4.78, 5) is 0. The molecule has 0 saturated carbocycles. The minimum absolute atomic E-state index is 0. The molecule has 0 aromatic heterocycles. The van der Waals surface area contributed by atoms with Crippen LogP contribution in [0.15, 0.2) is 0 Å². The van der Waals surface area contributed by atoms with Crippen LogP contribution in [0.25, 0.3) is 0 Å². The third kappa shape index (κ3) is 101. The highest BCUT2D eigenvalue weighted by Gasteiger charge is 1.34.